The monoisotopic (exact) mass is 568 g/mol. The van der Waals surface area contributed by atoms with E-state index in [4.69, 9.17) is 0 Å². The van der Waals surface area contributed by atoms with E-state index in [0.29, 0.717) is 18.8 Å². The molecule has 0 aromatic heterocycles. The number of hydrogen-bond donors (Lipinski definition) is 2. The van der Waals surface area contributed by atoms with E-state index in [9.17, 15) is 13.2 Å². The predicted molar refractivity (Wildman–Crippen MR) is 135 cm³/mol. The van der Waals surface area contributed by atoms with Crippen molar-refractivity contribution in [3.8, 4) is 0 Å². The standard InChI is InChI=1S/C22H35F3N6.HI/c1-26-22(28-18-7-11-30(12-8-18)17-21(24)25)27-9-4-10-29-13-15-31(16-14-29)20-6-3-2-5-19(20)23;/h2-3,5-6,18,21H,4,7-17H2,1H3,(H2,26,27,28);1H. The topological polar surface area (TPSA) is 46.1 Å². The summed E-state index contributed by atoms with van der Waals surface area (Å²) < 4.78 is 38.9. The van der Waals surface area contributed by atoms with Gasteiger partial charge < -0.3 is 15.5 Å². The first-order valence-corrected chi connectivity index (χ1v) is 11.2. The molecule has 3 rings (SSSR count). The molecule has 1 aromatic rings. The smallest absolute Gasteiger partial charge is 0.251 e. The molecule has 0 bridgehead atoms. The number of piperazine rings is 1. The van der Waals surface area contributed by atoms with Crippen LogP contribution in [0.3, 0.4) is 0 Å². The number of guanidine groups is 1. The van der Waals surface area contributed by atoms with Gasteiger partial charge in [0.1, 0.15) is 5.82 Å². The van der Waals surface area contributed by atoms with E-state index in [-0.39, 0.29) is 42.4 Å². The molecule has 2 aliphatic rings. The summed E-state index contributed by atoms with van der Waals surface area (Å²) in [6.45, 7) is 6.59. The van der Waals surface area contributed by atoms with Gasteiger partial charge in [-0.1, -0.05) is 12.1 Å². The van der Waals surface area contributed by atoms with E-state index in [1.807, 2.05) is 17.0 Å². The van der Waals surface area contributed by atoms with Crippen LogP contribution in [-0.2, 0) is 0 Å². The first kappa shape index (κ1) is 27.0. The fraction of sp³-hybridized carbons (Fsp3) is 0.682. The number of aliphatic imine (C=N–C) groups is 1. The molecule has 6 nitrogen and oxygen atoms in total. The fourth-order valence-corrected chi connectivity index (χ4v) is 4.27. The molecule has 182 valence electrons. The minimum atomic E-state index is -2.26. The number of benzene rings is 1. The molecule has 2 saturated heterocycles. The molecular formula is C22H36F3IN6. The van der Waals surface area contributed by atoms with Gasteiger partial charge in [0.15, 0.2) is 5.96 Å². The second-order valence-electron chi connectivity index (χ2n) is 8.24. The van der Waals surface area contributed by atoms with Gasteiger partial charge in [0, 0.05) is 58.9 Å². The molecule has 0 saturated carbocycles. The molecule has 0 spiro atoms. The number of alkyl halides is 2. The molecule has 2 aliphatic heterocycles. The third-order valence-electron chi connectivity index (χ3n) is 6.06. The Kier molecular flexibility index (Phi) is 11.9. The lowest BCUT2D eigenvalue weighted by Gasteiger charge is -2.36. The lowest BCUT2D eigenvalue weighted by molar-refractivity contribution is 0.0744. The molecule has 10 heteroatoms. The lowest BCUT2D eigenvalue weighted by Crippen LogP contribution is -2.50. The molecular weight excluding hydrogens is 532 g/mol. The van der Waals surface area contributed by atoms with Crippen molar-refractivity contribution in [1.29, 1.82) is 0 Å². The second kappa shape index (κ2) is 14.1. The maximum Gasteiger partial charge on any atom is 0.251 e. The van der Waals surface area contributed by atoms with Gasteiger partial charge in [-0.25, -0.2) is 13.2 Å². The highest BCUT2D eigenvalue weighted by Gasteiger charge is 2.22. The summed E-state index contributed by atoms with van der Waals surface area (Å²) in [5.41, 5.74) is 0.693. The van der Waals surface area contributed by atoms with Crippen molar-refractivity contribution in [3.05, 3.63) is 30.1 Å². The molecule has 0 aliphatic carbocycles. The van der Waals surface area contributed by atoms with E-state index in [1.54, 1.807) is 13.1 Å². The Balaban J connectivity index is 0.00000363. The predicted octanol–water partition coefficient (Wildman–Crippen LogP) is 2.85. The van der Waals surface area contributed by atoms with Crippen LogP contribution in [0.15, 0.2) is 29.3 Å². The van der Waals surface area contributed by atoms with E-state index in [2.05, 4.69) is 25.4 Å². The van der Waals surface area contributed by atoms with Crippen LogP contribution in [0.1, 0.15) is 19.3 Å². The lowest BCUT2D eigenvalue weighted by atomic mass is 10.1. The highest BCUT2D eigenvalue weighted by molar-refractivity contribution is 14.0. The van der Waals surface area contributed by atoms with Crippen molar-refractivity contribution < 1.29 is 13.2 Å². The zero-order chi connectivity index (χ0) is 22.1. The van der Waals surface area contributed by atoms with Crippen molar-refractivity contribution in [1.82, 2.24) is 20.4 Å². The zero-order valence-electron chi connectivity index (χ0n) is 18.8. The third-order valence-corrected chi connectivity index (χ3v) is 6.06. The van der Waals surface area contributed by atoms with E-state index < -0.39 is 6.43 Å². The number of piperidine rings is 1. The number of rotatable bonds is 8. The highest BCUT2D eigenvalue weighted by Crippen LogP contribution is 2.20. The zero-order valence-corrected chi connectivity index (χ0v) is 21.1. The van der Waals surface area contributed by atoms with Crippen molar-refractivity contribution >= 4 is 35.6 Å². The highest BCUT2D eigenvalue weighted by atomic mass is 127. The molecule has 2 heterocycles. The molecule has 1 aromatic carbocycles. The quantitative estimate of drug-likeness (QED) is 0.219. The number of para-hydroxylation sites is 1. The Morgan fingerprint density at radius 2 is 1.75 bits per heavy atom. The average molecular weight is 568 g/mol. The van der Waals surface area contributed by atoms with Gasteiger partial charge >= 0.3 is 0 Å². The van der Waals surface area contributed by atoms with Crippen LogP contribution < -0.4 is 15.5 Å². The Morgan fingerprint density at radius 3 is 2.38 bits per heavy atom. The number of anilines is 1. The van der Waals surface area contributed by atoms with Crippen LogP contribution in [0.2, 0.25) is 0 Å². The molecule has 0 atom stereocenters. The number of hydrogen-bond acceptors (Lipinski definition) is 4. The average Bonchev–Trinajstić information content (AvgIpc) is 2.77. The summed E-state index contributed by atoms with van der Waals surface area (Å²) >= 11 is 0. The molecule has 2 N–H and O–H groups in total. The summed E-state index contributed by atoms with van der Waals surface area (Å²) in [7, 11) is 1.75. The van der Waals surface area contributed by atoms with E-state index in [1.165, 1.54) is 6.07 Å². The number of halogens is 4. The minimum Gasteiger partial charge on any atom is -0.367 e. The first-order valence-electron chi connectivity index (χ1n) is 11.2. The van der Waals surface area contributed by atoms with Gasteiger partial charge in [-0.2, -0.15) is 0 Å². The van der Waals surface area contributed by atoms with Crippen LogP contribution in [0.4, 0.5) is 18.9 Å². The molecule has 2 fully saturated rings. The van der Waals surface area contributed by atoms with Crippen molar-refractivity contribution in [2.75, 3.05) is 70.9 Å². The van der Waals surface area contributed by atoms with Crippen LogP contribution >= 0.6 is 24.0 Å². The van der Waals surface area contributed by atoms with Crippen LogP contribution in [0.25, 0.3) is 0 Å². The molecule has 0 amide bonds. The Morgan fingerprint density at radius 1 is 1.06 bits per heavy atom. The van der Waals surface area contributed by atoms with Gasteiger partial charge in [-0.05, 0) is 37.9 Å². The van der Waals surface area contributed by atoms with Gasteiger partial charge in [-0.3, -0.25) is 14.8 Å². The van der Waals surface area contributed by atoms with Crippen molar-refractivity contribution in [2.45, 2.75) is 31.7 Å². The maximum atomic E-state index is 14.0. The summed E-state index contributed by atoms with van der Waals surface area (Å²) in [4.78, 5) is 10.6. The van der Waals surface area contributed by atoms with Gasteiger partial charge in [0.05, 0.1) is 12.2 Å². The third kappa shape index (κ3) is 8.58. The Labute approximate surface area is 206 Å². The van der Waals surface area contributed by atoms with Crippen LogP contribution in [0, 0.1) is 5.82 Å². The number of likely N-dealkylation sites (tertiary alicyclic amines) is 1. The van der Waals surface area contributed by atoms with Gasteiger partial charge in [0.25, 0.3) is 6.43 Å². The molecule has 0 unspecified atom stereocenters. The summed E-state index contributed by atoms with van der Waals surface area (Å²) in [6, 6.07) is 7.23. The Hall–Kier alpha value is -1.27. The number of nitrogens with zero attached hydrogens (tertiary/aromatic N) is 4. The fourth-order valence-electron chi connectivity index (χ4n) is 4.27. The second-order valence-corrected chi connectivity index (χ2v) is 8.24. The van der Waals surface area contributed by atoms with E-state index in [0.717, 1.165) is 64.5 Å². The van der Waals surface area contributed by atoms with Gasteiger partial charge in [-0.15, -0.1) is 24.0 Å². The minimum absolute atomic E-state index is 0. The summed E-state index contributed by atoms with van der Waals surface area (Å²) in [5.74, 6) is 0.621. The summed E-state index contributed by atoms with van der Waals surface area (Å²) in [5, 5.41) is 6.78. The van der Waals surface area contributed by atoms with Crippen LogP contribution in [-0.4, -0.2) is 94.2 Å². The normalized spacial score (nSPS) is 19.2. The summed E-state index contributed by atoms with van der Waals surface area (Å²) in [6.07, 6.45) is 0.425. The van der Waals surface area contributed by atoms with Crippen molar-refractivity contribution in [3.63, 3.8) is 0 Å². The van der Waals surface area contributed by atoms with Gasteiger partial charge in [0.2, 0.25) is 0 Å². The Bertz CT molecular complexity index is 692. The van der Waals surface area contributed by atoms with E-state index >= 15 is 0 Å². The van der Waals surface area contributed by atoms with Crippen molar-refractivity contribution in [2.24, 2.45) is 4.99 Å². The number of nitrogens with one attached hydrogen (secondary N) is 2. The SMILES string of the molecule is CN=C(NCCCN1CCN(c2ccccc2F)CC1)NC1CCN(CC(F)F)CC1.I. The largest absolute Gasteiger partial charge is 0.367 e. The van der Waals surface area contributed by atoms with Crippen LogP contribution in [0.5, 0.6) is 0 Å². The maximum absolute atomic E-state index is 14.0. The molecule has 0 radical (unpaired) electrons. The molecule has 32 heavy (non-hydrogen) atoms. The first-order chi connectivity index (χ1) is 15.0.